The van der Waals surface area contributed by atoms with Crippen LogP contribution in [-0.4, -0.2) is 36.5 Å². The molecule has 2 atom stereocenters. The maximum atomic E-state index is 12.1. The van der Waals surface area contributed by atoms with Crippen LogP contribution in [0, 0.1) is 12.3 Å². The minimum Gasteiger partial charge on any atom is -0.450 e. The van der Waals surface area contributed by atoms with Crippen LogP contribution in [0.4, 0.5) is 0 Å². The summed E-state index contributed by atoms with van der Waals surface area (Å²) >= 11 is 0. The minimum atomic E-state index is -1.08. The molecule has 1 fully saturated rings. The fourth-order valence-electron chi connectivity index (χ4n) is 1.94. The molecular weight excluding hydrogens is 244 g/mol. The molecule has 4 heteroatoms. The maximum absolute atomic E-state index is 12.1. The number of ether oxygens (including phenoxy) is 3. The van der Waals surface area contributed by atoms with E-state index in [9.17, 15) is 4.79 Å². The number of terminal acetylenes is 1. The Morgan fingerprint density at radius 2 is 2.26 bits per heavy atom. The van der Waals surface area contributed by atoms with Crippen LogP contribution in [0.2, 0.25) is 0 Å². The van der Waals surface area contributed by atoms with E-state index in [0.29, 0.717) is 13.0 Å². The van der Waals surface area contributed by atoms with Crippen molar-refractivity contribution in [2.75, 3.05) is 13.2 Å². The number of carbonyl (C=O) groups excluding carboxylic acids is 1. The molecule has 0 aromatic carbocycles. The molecule has 0 bridgehead atoms. The van der Waals surface area contributed by atoms with Crippen LogP contribution in [-0.2, 0) is 19.0 Å². The summed E-state index contributed by atoms with van der Waals surface area (Å²) in [5, 5.41) is 0. The molecule has 0 aromatic rings. The third-order valence-electron chi connectivity index (χ3n) is 3.32. The summed E-state index contributed by atoms with van der Waals surface area (Å²) in [5.74, 6) is 1.83. The van der Waals surface area contributed by atoms with E-state index in [0.717, 1.165) is 0 Å². The molecular formula is C15H18O4. The minimum absolute atomic E-state index is 0.0177. The normalized spacial score (nSPS) is 30.7. The molecule has 0 saturated carbocycles. The number of hydrogen-bond donors (Lipinski definition) is 0. The molecule has 1 heterocycles. The van der Waals surface area contributed by atoms with Crippen molar-refractivity contribution in [3.05, 3.63) is 24.3 Å². The van der Waals surface area contributed by atoms with E-state index in [1.807, 2.05) is 26.0 Å². The first-order chi connectivity index (χ1) is 9.00. The largest absolute Gasteiger partial charge is 0.450 e. The molecule has 4 nitrogen and oxygen atoms in total. The second-order valence-corrected chi connectivity index (χ2v) is 5.18. The van der Waals surface area contributed by atoms with Crippen LogP contribution < -0.4 is 0 Å². The molecule has 0 spiro atoms. The van der Waals surface area contributed by atoms with Crippen molar-refractivity contribution in [2.24, 2.45) is 0 Å². The van der Waals surface area contributed by atoms with Gasteiger partial charge in [0.05, 0.1) is 12.2 Å². The molecule has 0 N–H and O–H groups in total. The van der Waals surface area contributed by atoms with Gasteiger partial charge in [-0.1, -0.05) is 24.1 Å². The van der Waals surface area contributed by atoms with E-state index in [1.165, 1.54) is 0 Å². The molecule has 1 aliphatic carbocycles. The first-order valence-electron chi connectivity index (χ1n) is 6.27. The zero-order chi connectivity index (χ0) is 13.9. The number of rotatable bonds is 5. The number of hydrogen-bond acceptors (Lipinski definition) is 4. The number of epoxide rings is 1. The van der Waals surface area contributed by atoms with Crippen LogP contribution >= 0.6 is 0 Å². The molecule has 19 heavy (non-hydrogen) atoms. The van der Waals surface area contributed by atoms with E-state index in [1.54, 1.807) is 12.2 Å². The van der Waals surface area contributed by atoms with Gasteiger partial charge in [-0.2, -0.15) is 0 Å². The fourth-order valence-corrected chi connectivity index (χ4v) is 1.94. The summed E-state index contributed by atoms with van der Waals surface area (Å²) in [6.45, 7) is 4.28. The van der Waals surface area contributed by atoms with Crippen LogP contribution in [0.25, 0.3) is 0 Å². The molecule has 2 unspecified atom stereocenters. The topological polar surface area (TPSA) is 48.1 Å². The summed E-state index contributed by atoms with van der Waals surface area (Å²) in [7, 11) is 0. The van der Waals surface area contributed by atoms with Gasteiger partial charge in [0, 0.05) is 6.42 Å². The van der Waals surface area contributed by atoms with Crippen molar-refractivity contribution in [3.8, 4) is 12.3 Å². The number of esters is 1. The molecule has 1 aliphatic heterocycles. The average Bonchev–Trinajstić information content (AvgIpc) is 3.02. The van der Waals surface area contributed by atoms with Crippen LogP contribution in [0.1, 0.15) is 20.3 Å². The summed E-state index contributed by atoms with van der Waals surface area (Å²) in [6.07, 6.45) is 12.8. The standard InChI is InChI=1S/C15H18O4/c1-4-10-17-13(16)15(8-6-5-7-9-15)18-11-12-14(2,3)19-12/h1,5-8,12H,9-11H2,2-3H3. The van der Waals surface area contributed by atoms with Gasteiger partial charge in [0.15, 0.2) is 12.2 Å². The van der Waals surface area contributed by atoms with E-state index < -0.39 is 11.6 Å². The Hall–Kier alpha value is -1.57. The van der Waals surface area contributed by atoms with Crippen molar-refractivity contribution >= 4 is 5.97 Å². The van der Waals surface area contributed by atoms with Gasteiger partial charge < -0.3 is 14.2 Å². The lowest BCUT2D eigenvalue weighted by atomic mass is 9.95. The highest BCUT2D eigenvalue weighted by Gasteiger charge is 2.50. The molecule has 2 rings (SSSR count). The van der Waals surface area contributed by atoms with Gasteiger partial charge in [0.2, 0.25) is 0 Å². The Morgan fingerprint density at radius 1 is 1.53 bits per heavy atom. The summed E-state index contributed by atoms with van der Waals surface area (Å²) < 4.78 is 16.2. The Labute approximate surface area is 113 Å². The van der Waals surface area contributed by atoms with Gasteiger partial charge in [-0.25, -0.2) is 4.79 Å². The first kappa shape index (κ1) is 13.9. The van der Waals surface area contributed by atoms with Gasteiger partial charge in [0.25, 0.3) is 0 Å². The zero-order valence-electron chi connectivity index (χ0n) is 11.2. The SMILES string of the molecule is C#CCOC(=O)C1(OCC2OC2(C)C)C=CC=CC1. The summed E-state index contributed by atoms with van der Waals surface area (Å²) in [6, 6.07) is 0. The van der Waals surface area contributed by atoms with Crippen molar-refractivity contribution in [2.45, 2.75) is 37.6 Å². The zero-order valence-corrected chi connectivity index (χ0v) is 11.2. The number of allylic oxidation sites excluding steroid dienone is 2. The lowest BCUT2D eigenvalue weighted by Gasteiger charge is -2.28. The smallest absolute Gasteiger partial charge is 0.343 e. The second kappa shape index (κ2) is 5.20. The van der Waals surface area contributed by atoms with Crippen molar-refractivity contribution in [1.29, 1.82) is 0 Å². The Morgan fingerprint density at radius 3 is 2.79 bits per heavy atom. The predicted octanol–water partition coefficient (Wildman–Crippen LogP) is 1.61. The molecule has 2 aliphatic rings. The number of carbonyl (C=O) groups is 1. The molecule has 0 radical (unpaired) electrons. The predicted molar refractivity (Wildman–Crippen MR) is 70.3 cm³/mol. The molecule has 1 saturated heterocycles. The fraction of sp³-hybridized carbons (Fsp3) is 0.533. The molecule has 102 valence electrons. The van der Waals surface area contributed by atoms with E-state index >= 15 is 0 Å². The second-order valence-electron chi connectivity index (χ2n) is 5.18. The van der Waals surface area contributed by atoms with Crippen LogP contribution in [0.15, 0.2) is 24.3 Å². The van der Waals surface area contributed by atoms with Crippen LogP contribution in [0.5, 0.6) is 0 Å². The molecule has 0 aromatic heterocycles. The Kier molecular flexibility index (Phi) is 3.79. The third-order valence-corrected chi connectivity index (χ3v) is 3.32. The quantitative estimate of drug-likeness (QED) is 0.429. The van der Waals surface area contributed by atoms with Gasteiger partial charge in [-0.15, -0.1) is 6.42 Å². The Bertz CT molecular complexity index is 455. The van der Waals surface area contributed by atoms with E-state index in [2.05, 4.69) is 5.92 Å². The summed E-state index contributed by atoms with van der Waals surface area (Å²) in [4.78, 5) is 12.1. The maximum Gasteiger partial charge on any atom is 0.343 e. The highest BCUT2D eigenvalue weighted by molar-refractivity contribution is 5.83. The lowest BCUT2D eigenvalue weighted by Crippen LogP contribution is -2.42. The van der Waals surface area contributed by atoms with Gasteiger partial charge >= 0.3 is 5.97 Å². The summed E-state index contributed by atoms with van der Waals surface area (Å²) in [5.41, 5.74) is -1.24. The van der Waals surface area contributed by atoms with Gasteiger partial charge in [-0.05, 0) is 19.9 Å². The van der Waals surface area contributed by atoms with Crippen molar-refractivity contribution in [1.82, 2.24) is 0 Å². The molecule has 0 amide bonds. The van der Waals surface area contributed by atoms with Crippen molar-refractivity contribution < 1.29 is 19.0 Å². The Balaban J connectivity index is 1.99. The van der Waals surface area contributed by atoms with Crippen LogP contribution in [0.3, 0.4) is 0 Å². The average molecular weight is 262 g/mol. The first-order valence-corrected chi connectivity index (χ1v) is 6.27. The lowest BCUT2D eigenvalue weighted by molar-refractivity contribution is -0.165. The highest BCUT2D eigenvalue weighted by Crippen LogP contribution is 2.37. The van der Waals surface area contributed by atoms with Gasteiger partial charge in [0.1, 0.15) is 6.10 Å². The van der Waals surface area contributed by atoms with E-state index in [4.69, 9.17) is 20.6 Å². The van der Waals surface area contributed by atoms with Gasteiger partial charge in [-0.3, -0.25) is 0 Å². The highest BCUT2D eigenvalue weighted by atomic mass is 16.6. The van der Waals surface area contributed by atoms with E-state index in [-0.39, 0.29) is 18.3 Å². The van der Waals surface area contributed by atoms with Crippen molar-refractivity contribution in [3.63, 3.8) is 0 Å². The monoisotopic (exact) mass is 262 g/mol. The third kappa shape index (κ3) is 3.06.